The van der Waals surface area contributed by atoms with Crippen molar-refractivity contribution in [3.05, 3.63) is 54.6 Å². The van der Waals surface area contributed by atoms with Crippen molar-refractivity contribution < 1.29 is 14.3 Å². The smallest absolute Gasteiger partial charge is 0.305 e. The van der Waals surface area contributed by atoms with Gasteiger partial charge in [0.1, 0.15) is 11.5 Å². The normalized spacial score (nSPS) is 9.88. The summed E-state index contributed by atoms with van der Waals surface area (Å²) in [5.74, 6) is 1.33. The molecule has 0 unspecified atom stereocenters. The lowest BCUT2D eigenvalue weighted by Crippen LogP contribution is -2.29. The van der Waals surface area contributed by atoms with Crippen LogP contribution in [0.1, 0.15) is 12.8 Å². The zero-order valence-electron chi connectivity index (χ0n) is 13.5. The van der Waals surface area contributed by atoms with Crippen LogP contribution in [0.15, 0.2) is 54.6 Å². The molecule has 0 atom stereocenters. The van der Waals surface area contributed by atoms with Gasteiger partial charge in [0.05, 0.1) is 7.11 Å². The van der Waals surface area contributed by atoms with E-state index in [2.05, 4.69) is 15.4 Å². The van der Waals surface area contributed by atoms with Crippen molar-refractivity contribution in [3.8, 4) is 11.5 Å². The predicted molar refractivity (Wildman–Crippen MR) is 98.4 cm³/mol. The van der Waals surface area contributed by atoms with Crippen LogP contribution in [0.3, 0.4) is 0 Å². The van der Waals surface area contributed by atoms with E-state index in [0.717, 1.165) is 17.2 Å². The third-order valence-electron chi connectivity index (χ3n) is 3.16. The Labute approximate surface area is 147 Å². The maximum atomic E-state index is 11.0. The first-order chi connectivity index (χ1) is 11.7. The van der Waals surface area contributed by atoms with Gasteiger partial charge >= 0.3 is 5.97 Å². The van der Waals surface area contributed by atoms with Crippen molar-refractivity contribution in [3.63, 3.8) is 0 Å². The Morgan fingerprint density at radius 2 is 1.71 bits per heavy atom. The quantitative estimate of drug-likeness (QED) is 0.453. The molecule has 0 bridgehead atoms. The van der Waals surface area contributed by atoms with E-state index in [0.29, 0.717) is 24.5 Å². The third-order valence-corrected chi connectivity index (χ3v) is 3.41. The number of anilines is 1. The SMILES string of the molecule is COC(=O)CCCNC(=S)Nc1ccc(Oc2ccccc2)cc1. The molecule has 0 aliphatic carbocycles. The number of carbonyl (C=O) groups excluding carboxylic acids is 1. The van der Waals surface area contributed by atoms with Gasteiger partial charge in [-0.05, 0) is 55.0 Å². The number of carbonyl (C=O) groups is 1. The maximum absolute atomic E-state index is 11.0. The fourth-order valence-electron chi connectivity index (χ4n) is 1.94. The van der Waals surface area contributed by atoms with Gasteiger partial charge in [0.2, 0.25) is 0 Å². The standard InChI is InChI=1S/C18H20N2O3S/c1-22-17(21)8-5-13-19-18(24)20-14-9-11-16(12-10-14)23-15-6-3-2-4-7-15/h2-4,6-7,9-12H,5,8,13H2,1H3,(H2,19,20,24). The van der Waals surface area contributed by atoms with Gasteiger partial charge in [-0.15, -0.1) is 0 Å². The molecule has 2 rings (SSSR count). The van der Waals surface area contributed by atoms with E-state index in [4.69, 9.17) is 17.0 Å². The molecule has 24 heavy (non-hydrogen) atoms. The number of hydrogen-bond donors (Lipinski definition) is 2. The average molecular weight is 344 g/mol. The van der Waals surface area contributed by atoms with Crippen molar-refractivity contribution in [2.24, 2.45) is 0 Å². The van der Waals surface area contributed by atoms with Crippen LogP contribution in [0.4, 0.5) is 5.69 Å². The van der Waals surface area contributed by atoms with E-state index in [9.17, 15) is 4.79 Å². The molecule has 0 amide bonds. The fraction of sp³-hybridized carbons (Fsp3) is 0.222. The minimum Gasteiger partial charge on any atom is -0.469 e. The van der Waals surface area contributed by atoms with Gasteiger partial charge in [-0.25, -0.2) is 0 Å². The number of nitrogens with one attached hydrogen (secondary N) is 2. The first kappa shape index (κ1) is 17.7. The van der Waals surface area contributed by atoms with Gasteiger partial charge < -0.3 is 20.1 Å². The summed E-state index contributed by atoms with van der Waals surface area (Å²) < 4.78 is 10.3. The molecule has 0 aliphatic heterocycles. The Kier molecular flexibility index (Phi) is 7.04. The summed E-state index contributed by atoms with van der Waals surface area (Å²) in [7, 11) is 1.38. The van der Waals surface area contributed by atoms with Crippen LogP contribution >= 0.6 is 12.2 Å². The molecule has 6 heteroatoms. The van der Waals surface area contributed by atoms with Crippen LogP contribution in [0.5, 0.6) is 11.5 Å². The molecule has 0 aliphatic rings. The van der Waals surface area contributed by atoms with Crippen LogP contribution in [0.25, 0.3) is 0 Å². The first-order valence-corrected chi connectivity index (χ1v) is 8.03. The number of methoxy groups -OCH3 is 1. The zero-order valence-corrected chi connectivity index (χ0v) is 14.3. The van der Waals surface area contributed by atoms with Crippen LogP contribution in [-0.4, -0.2) is 24.7 Å². The Balaban J connectivity index is 1.75. The highest BCUT2D eigenvalue weighted by Gasteiger charge is 2.02. The fourth-order valence-corrected chi connectivity index (χ4v) is 2.16. The number of esters is 1. The summed E-state index contributed by atoms with van der Waals surface area (Å²) in [4.78, 5) is 11.0. The van der Waals surface area contributed by atoms with Crippen molar-refractivity contribution in [1.82, 2.24) is 5.32 Å². The number of para-hydroxylation sites is 1. The van der Waals surface area contributed by atoms with Crippen molar-refractivity contribution in [2.45, 2.75) is 12.8 Å². The highest BCUT2D eigenvalue weighted by Crippen LogP contribution is 2.22. The number of thiocarbonyl (C=S) groups is 1. The predicted octanol–water partition coefficient (Wildman–Crippen LogP) is 3.72. The lowest BCUT2D eigenvalue weighted by Gasteiger charge is -2.11. The van der Waals surface area contributed by atoms with E-state index >= 15 is 0 Å². The summed E-state index contributed by atoms with van der Waals surface area (Å²) in [5.41, 5.74) is 0.862. The summed E-state index contributed by atoms with van der Waals surface area (Å²) in [6, 6.07) is 17.1. The van der Waals surface area contributed by atoms with Crippen molar-refractivity contribution >= 4 is 29.0 Å². The topological polar surface area (TPSA) is 59.6 Å². The molecule has 2 aromatic rings. The molecule has 0 spiro atoms. The lowest BCUT2D eigenvalue weighted by molar-refractivity contribution is -0.140. The van der Waals surface area contributed by atoms with E-state index < -0.39 is 0 Å². The Morgan fingerprint density at radius 1 is 1.04 bits per heavy atom. The Hall–Kier alpha value is -2.60. The van der Waals surface area contributed by atoms with E-state index in [-0.39, 0.29) is 5.97 Å². The molecule has 0 saturated carbocycles. The molecule has 0 saturated heterocycles. The molecule has 5 nitrogen and oxygen atoms in total. The second-order valence-corrected chi connectivity index (χ2v) is 5.41. The van der Waals surface area contributed by atoms with Crippen molar-refractivity contribution in [1.29, 1.82) is 0 Å². The van der Waals surface area contributed by atoms with Crippen LogP contribution in [-0.2, 0) is 9.53 Å². The number of hydrogen-bond acceptors (Lipinski definition) is 4. The Morgan fingerprint density at radius 3 is 2.38 bits per heavy atom. The number of rotatable bonds is 7. The summed E-state index contributed by atoms with van der Waals surface area (Å²) in [6.45, 7) is 0.607. The maximum Gasteiger partial charge on any atom is 0.305 e. The molecular weight excluding hydrogens is 324 g/mol. The highest BCUT2D eigenvalue weighted by atomic mass is 32.1. The molecular formula is C18H20N2O3S. The summed E-state index contributed by atoms with van der Waals surface area (Å²) in [6.07, 6.45) is 1.04. The van der Waals surface area contributed by atoms with E-state index in [1.165, 1.54) is 7.11 Å². The number of ether oxygens (including phenoxy) is 2. The number of benzene rings is 2. The first-order valence-electron chi connectivity index (χ1n) is 7.62. The molecule has 2 aromatic carbocycles. The average Bonchev–Trinajstić information content (AvgIpc) is 2.61. The minimum absolute atomic E-state index is 0.218. The van der Waals surface area contributed by atoms with Crippen LogP contribution < -0.4 is 15.4 Å². The summed E-state index contributed by atoms with van der Waals surface area (Å²) in [5, 5.41) is 6.64. The molecule has 0 heterocycles. The van der Waals surface area contributed by atoms with Gasteiger partial charge in [-0.3, -0.25) is 4.79 Å². The molecule has 0 aromatic heterocycles. The van der Waals surface area contributed by atoms with Gasteiger partial charge in [0, 0.05) is 18.7 Å². The second kappa shape index (κ2) is 9.52. The van der Waals surface area contributed by atoms with Crippen LogP contribution in [0.2, 0.25) is 0 Å². The summed E-state index contributed by atoms with van der Waals surface area (Å²) >= 11 is 5.21. The monoisotopic (exact) mass is 344 g/mol. The van der Waals surface area contributed by atoms with E-state index in [1.807, 2.05) is 54.6 Å². The van der Waals surface area contributed by atoms with Gasteiger partial charge in [-0.2, -0.15) is 0 Å². The highest BCUT2D eigenvalue weighted by molar-refractivity contribution is 7.80. The second-order valence-electron chi connectivity index (χ2n) is 5.00. The molecule has 2 N–H and O–H groups in total. The zero-order chi connectivity index (χ0) is 17.2. The molecule has 0 radical (unpaired) electrons. The Bertz CT molecular complexity index is 660. The van der Waals surface area contributed by atoms with Gasteiger partial charge in [0.15, 0.2) is 5.11 Å². The largest absolute Gasteiger partial charge is 0.469 e. The molecule has 126 valence electrons. The minimum atomic E-state index is -0.218. The van der Waals surface area contributed by atoms with Crippen LogP contribution in [0, 0.1) is 0 Å². The van der Waals surface area contributed by atoms with Gasteiger partial charge in [-0.1, -0.05) is 18.2 Å². The van der Waals surface area contributed by atoms with E-state index in [1.54, 1.807) is 0 Å². The molecule has 0 fully saturated rings. The van der Waals surface area contributed by atoms with Crippen molar-refractivity contribution in [2.75, 3.05) is 19.0 Å². The van der Waals surface area contributed by atoms with Gasteiger partial charge in [0.25, 0.3) is 0 Å². The third kappa shape index (κ3) is 6.26. The lowest BCUT2D eigenvalue weighted by atomic mass is 10.3.